The van der Waals surface area contributed by atoms with Crippen LogP contribution in [0.25, 0.3) is 0 Å². The average Bonchev–Trinajstić information content (AvgIpc) is 2.32. The number of halogens is 4. The highest BCUT2D eigenvalue weighted by atomic mass is 19.4. The van der Waals surface area contributed by atoms with E-state index in [1.54, 1.807) is 0 Å². The first-order valence-electron chi connectivity index (χ1n) is 6.57. The topological polar surface area (TPSA) is 9.23 Å². The van der Waals surface area contributed by atoms with Crippen LogP contribution in [0, 0.1) is 5.82 Å². The molecule has 0 aliphatic rings. The maximum Gasteiger partial charge on any atom is 0.513 e. The minimum absolute atomic E-state index is 0.187. The molecular weight excluding hydrogens is 259 g/mol. The van der Waals surface area contributed by atoms with Gasteiger partial charge in [0.15, 0.2) is 0 Å². The van der Waals surface area contributed by atoms with Gasteiger partial charge in [0.05, 0.1) is 12.4 Å². The number of rotatable bonds is 8. The summed E-state index contributed by atoms with van der Waals surface area (Å²) in [5, 5.41) is 0. The third-order valence-electron chi connectivity index (χ3n) is 2.83. The summed E-state index contributed by atoms with van der Waals surface area (Å²) in [4.78, 5) is 0. The third-order valence-corrected chi connectivity index (χ3v) is 2.83. The summed E-state index contributed by atoms with van der Waals surface area (Å²) >= 11 is 0. The Kier molecular flexibility index (Phi) is 6.18. The van der Waals surface area contributed by atoms with Gasteiger partial charge in [-0.05, 0) is 12.5 Å². The van der Waals surface area contributed by atoms with Crippen molar-refractivity contribution in [2.45, 2.75) is 39.0 Å². The van der Waals surface area contributed by atoms with Crippen LogP contribution in [-0.2, 0) is 0 Å². The molecule has 19 heavy (non-hydrogen) atoms. The molecule has 0 saturated heterocycles. The van der Waals surface area contributed by atoms with Crippen molar-refractivity contribution in [2.24, 2.45) is 0 Å². The van der Waals surface area contributed by atoms with E-state index in [4.69, 9.17) is 4.74 Å². The zero-order valence-electron chi connectivity index (χ0n) is 11.0. The lowest BCUT2D eigenvalue weighted by Crippen LogP contribution is -2.35. The van der Waals surface area contributed by atoms with Crippen LogP contribution in [0.5, 0.6) is 5.75 Å². The first-order chi connectivity index (χ1) is 8.95. The Morgan fingerprint density at radius 3 is 2.37 bits per heavy atom. The normalized spacial score (nSPS) is 11.6. The molecule has 108 valence electrons. The number of hydrogen-bond donors (Lipinski definition) is 0. The molecule has 0 radical (unpaired) electrons. The summed E-state index contributed by atoms with van der Waals surface area (Å²) in [5.41, 5.74) is -0.866. The van der Waals surface area contributed by atoms with E-state index in [1.807, 2.05) is 0 Å². The van der Waals surface area contributed by atoms with Gasteiger partial charge in [-0.25, -0.2) is 4.39 Å². The molecular formula is C13H18BF4O-. The zero-order valence-corrected chi connectivity index (χ0v) is 11.0. The molecule has 0 heterocycles. The van der Waals surface area contributed by atoms with Crippen LogP contribution < -0.4 is 10.2 Å². The number of unbranched alkanes of at least 4 members (excludes halogenated alkanes) is 4. The molecule has 0 unspecified atom stereocenters. The summed E-state index contributed by atoms with van der Waals surface area (Å²) in [5.74, 6) is -1.12. The minimum atomic E-state index is -5.18. The van der Waals surface area contributed by atoms with E-state index in [0.29, 0.717) is 6.42 Å². The van der Waals surface area contributed by atoms with E-state index >= 15 is 0 Å². The molecule has 0 saturated carbocycles. The Balaban J connectivity index is 2.54. The maximum absolute atomic E-state index is 13.0. The van der Waals surface area contributed by atoms with Gasteiger partial charge in [0.25, 0.3) is 0 Å². The Morgan fingerprint density at radius 2 is 1.74 bits per heavy atom. The number of ether oxygens (including phenoxy) is 1. The first-order valence-corrected chi connectivity index (χ1v) is 6.57. The van der Waals surface area contributed by atoms with Gasteiger partial charge in [-0.3, -0.25) is 0 Å². The highest BCUT2D eigenvalue weighted by molar-refractivity contribution is 6.74. The minimum Gasteiger partial charge on any atom is -0.496 e. The molecule has 1 aromatic carbocycles. The molecule has 0 bridgehead atoms. The molecule has 0 aliphatic carbocycles. The van der Waals surface area contributed by atoms with Crippen molar-refractivity contribution in [2.75, 3.05) is 6.61 Å². The molecule has 0 amide bonds. The van der Waals surface area contributed by atoms with Gasteiger partial charge in [0.1, 0.15) is 5.82 Å². The van der Waals surface area contributed by atoms with E-state index in [2.05, 4.69) is 6.92 Å². The van der Waals surface area contributed by atoms with Gasteiger partial charge in [0.2, 0.25) is 0 Å². The molecule has 1 aromatic rings. The molecule has 1 nitrogen and oxygen atoms in total. The molecule has 0 fully saturated rings. The van der Waals surface area contributed by atoms with Gasteiger partial charge in [-0.15, -0.1) is 0 Å². The molecule has 0 aliphatic heterocycles. The molecule has 0 spiro atoms. The van der Waals surface area contributed by atoms with Crippen molar-refractivity contribution in [3.63, 3.8) is 0 Å². The summed E-state index contributed by atoms with van der Waals surface area (Å²) in [7, 11) is 0. The van der Waals surface area contributed by atoms with Crippen LogP contribution in [0.1, 0.15) is 39.0 Å². The van der Waals surface area contributed by atoms with Crippen molar-refractivity contribution < 1.29 is 22.1 Å². The van der Waals surface area contributed by atoms with E-state index in [1.165, 1.54) is 0 Å². The average molecular weight is 277 g/mol. The molecule has 0 N–H and O–H groups in total. The lowest BCUT2D eigenvalue weighted by molar-refractivity contribution is 0.304. The summed E-state index contributed by atoms with van der Waals surface area (Å²) < 4.78 is 56.2. The van der Waals surface area contributed by atoms with E-state index in [0.717, 1.165) is 43.9 Å². The van der Waals surface area contributed by atoms with Crippen molar-refractivity contribution in [3.05, 3.63) is 24.0 Å². The van der Waals surface area contributed by atoms with Gasteiger partial charge in [-0.2, -0.15) is 0 Å². The Labute approximate surface area is 111 Å². The SMILES string of the molecule is CCCCCCCOc1cc(F)ccc1[B-](F)(F)F. The van der Waals surface area contributed by atoms with Gasteiger partial charge in [0, 0.05) is 6.07 Å². The molecule has 0 atom stereocenters. The summed E-state index contributed by atoms with van der Waals surface area (Å²) in [6, 6.07) is 2.34. The standard InChI is InChI=1S/C13H18BF4O/c1-2-3-4-5-6-9-19-13-10-11(15)7-8-12(13)14(16,17)18/h7-8,10H,2-6,9H2,1H3/q-1. The van der Waals surface area contributed by atoms with Crippen molar-refractivity contribution in [1.29, 1.82) is 0 Å². The van der Waals surface area contributed by atoms with Gasteiger partial charge >= 0.3 is 6.98 Å². The molecule has 6 heteroatoms. The van der Waals surface area contributed by atoms with Crippen LogP contribution in [0.2, 0.25) is 0 Å². The van der Waals surface area contributed by atoms with E-state index in [-0.39, 0.29) is 6.61 Å². The van der Waals surface area contributed by atoms with Crippen molar-refractivity contribution in [1.82, 2.24) is 0 Å². The lowest BCUT2D eigenvalue weighted by atomic mass is 9.79. The second-order valence-corrected chi connectivity index (χ2v) is 4.52. The van der Waals surface area contributed by atoms with Crippen LogP contribution in [0.3, 0.4) is 0 Å². The van der Waals surface area contributed by atoms with Crippen LogP contribution in [0.15, 0.2) is 18.2 Å². The van der Waals surface area contributed by atoms with Crippen LogP contribution >= 0.6 is 0 Å². The Hall–Kier alpha value is -1.20. The Morgan fingerprint density at radius 1 is 1.05 bits per heavy atom. The second kappa shape index (κ2) is 7.41. The largest absolute Gasteiger partial charge is 0.513 e. The lowest BCUT2D eigenvalue weighted by Gasteiger charge is -2.19. The highest BCUT2D eigenvalue weighted by Gasteiger charge is 2.29. The predicted octanol–water partition coefficient (Wildman–Crippen LogP) is 4.23. The zero-order chi connectivity index (χ0) is 14.3. The summed E-state index contributed by atoms with van der Waals surface area (Å²) in [6.45, 7) is -2.90. The smallest absolute Gasteiger partial charge is 0.496 e. The molecule has 1 rings (SSSR count). The van der Waals surface area contributed by atoms with E-state index in [9.17, 15) is 17.3 Å². The monoisotopic (exact) mass is 277 g/mol. The maximum atomic E-state index is 13.0. The van der Waals surface area contributed by atoms with Crippen LogP contribution in [-0.4, -0.2) is 13.6 Å². The van der Waals surface area contributed by atoms with E-state index < -0.39 is 24.0 Å². The van der Waals surface area contributed by atoms with Crippen LogP contribution in [0.4, 0.5) is 17.3 Å². The first kappa shape index (κ1) is 15.9. The fraction of sp³-hybridized carbons (Fsp3) is 0.538. The van der Waals surface area contributed by atoms with Gasteiger partial charge < -0.3 is 17.7 Å². The summed E-state index contributed by atoms with van der Waals surface area (Å²) in [6.07, 6.45) is 4.85. The second-order valence-electron chi connectivity index (χ2n) is 4.52. The van der Waals surface area contributed by atoms with Crippen molar-refractivity contribution in [3.8, 4) is 5.75 Å². The highest BCUT2D eigenvalue weighted by Crippen LogP contribution is 2.19. The number of hydrogen-bond acceptors (Lipinski definition) is 1. The number of benzene rings is 1. The predicted molar refractivity (Wildman–Crippen MR) is 69.4 cm³/mol. The molecule has 0 aromatic heterocycles. The van der Waals surface area contributed by atoms with Gasteiger partial charge in [-0.1, -0.05) is 44.1 Å². The fourth-order valence-corrected chi connectivity index (χ4v) is 1.79. The third kappa shape index (κ3) is 5.53. The fourth-order valence-electron chi connectivity index (χ4n) is 1.79. The Bertz CT molecular complexity index is 393. The van der Waals surface area contributed by atoms with Crippen molar-refractivity contribution >= 4 is 12.4 Å². The quantitative estimate of drug-likeness (QED) is 0.392.